The van der Waals surface area contributed by atoms with E-state index in [4.69, 9.17) is 0 Å². The summed E-state index contributed by atoms with van der Waals surface area (Å²) in [5, 5.41) is 0. The highest BCUT2D eigenvalue weighted by Gasteiger charge is 2.32. The summed E-state index contributed by atoms with van der Waals surface area (Å²) in [5.74, 6) is 0.409. The number of nitrogens with zero attached hydrogens (tertiary/aromatic N) is 2. The number of hydrogen-bond donors (Lipinski definition) is 0. The van der Waals surface area contributed by atoms with Crippen LogP contribution < -0.4 is 0 Å². The molecule has 1 atom stereocenters. The Hall–Kier alpha value is -1.84. The third-order valence-corrected chi connectivity index (χ3v) is 5.84. The molecule has 2 amide bonds. The number of amides is 2. The molecule has 2 fully saturated rings. The molecule has 128 valence electrons. The van der Waals surface area contributed by atoms with Crippen molar-refractivity contribution in [2.45, 2.75) is 57.4 Å². The normalized spacial score (nSPS) is 23.7. The van der Waals surface area contributed by atoms with E-state index in [0.29, 0.717) is 6.42 Å². The Morgan fingerprint density at radius 2 is 1.88 bits per heavy atom. The molecule has 2 saturated heterocycles. The number of aryl methyl sites for hydroxylation is 2. The van der Waals surface area contributed by atoms with Gasteiger partial charge in [-0.3, -0.25) is 9.59 Å². The summed E-state index contributed by atoms with van der Waals surface area (Å²) in [6.45, 7) is 2.40. The largest absolute Gasteiger partial charge is 0.341 e. The molecule has 0 aromatic heterocycles. The minimum Gasteiger partial charge on any atom is -0.341 e. The third-order valence-electron chi connectivity index (χ3n) is 5.84. The van der Waals surface area contributed by atoms with Gasteiger partial charge in [0.15, 0.2) is 0 Å². The average molecular weight is 326 g/mol. The number of carbonyl (C=O) groups excluding carboxylic acids is 2. The van der Waals surface area contributed by atoms with Crippen LogP contribution in [-0.4, -0.2) is 47.3 Å². The quantitative estimate of drug-likeness (QED) is 0.857. The van der Waals surface area contributed by atoms with Crippen LogP contribution in [0.1, 0.15) is 60.0 Å². The summed E-state index contributed by atoms with van der Waals surface area (Å²) >= 11 is 0. The molecule has 2 heterocycles. The fourth-order valence-corrected chi connectivity index (χ4v) is 4.48. The van der Waals surface area contributed by atoms with Crippen molar-refractivity contribution < 1.29 is 9.59 Å². The van der Waals surface area contributed by atoms with Gasteiger partial charge in [-0.25, -0.2) is 0 Å². The van der Waals surface area contributed by atoms with Crippen LogP contribution in [0, 0.1) is 0 Å². The highest BCUT2D eigenvalue weighted by atomic mass is 16.2. The van der Waals surface area contributed by atoms with Crippen LogP contribution in [0.3, 0.4) is 0 Å². The summed E-state index contributed by atoms with van der Waals surface area (Å²) in [5.41, 5.74) is 3.59. The monoisotopic (exact) mass is 326 g/mol. The van der Waals surface area contributed by atoms with Crippen molar-refractivity contribution in [2.75, 3.05) is 19.6 Å². The summed E-state index contributed by atoms with van der Waals surface area (Å²) < 4.78 is 0. The van der Waals surface area contributed by atoms with Crippen molar-refractivity contribution in [3.8, 4) is 0 Å². The number of hydrogen-bond acceptors (Lipinski definition) is 2. The van der Waals surface area contributed by atoms with E-state index in [-0.39, 0.29) is 17.9 Å². The third kappa shape index (κ3) is 2.94. The molecule has 0 radical (unpaired) electrons. The molecule has 2 aliphatic heterocycles. The van der Waals surface area contributed by atoms with Crippen molar-refractivity contribution in [3.05, 3.63) is 34.9 Å². The first-order valence-corrected chi connectivity index (χ1v) is 9.43. The number of benzene rings is 1. The molecule has 0 spiro atoms. The zero-order valence-corrected chi connectivity index (χ0v) is 14.3. The zero-order chi connectivity index (χ0) is 16.5. The predicted octanol–water partition coefficient (Wildman–Crippen LogP) is 2.79. The maximum Gasteiger partial charge on any atom is 0.254 e. The minimum absolute atomic E-state index is 0.154. The zero-order valence-electron chi connectivity index (χ0n) is 14.3. The highest BCUT2D eigenvalue weighted by Crippen LogP contribution is 2.26. The Bertz CT molecular complexity index is 655. The summed E-state index contributed by atoms with van der Waals surface area (Å²) in [6, 6.07) is 6.43. The van der Waals surface area contributed by atoms with Crippen molar-refractivity contribution in [1.29, 1.82) is 0 Å². The van der Waals surface area contributed by atoms with Crippen molar-refractivity contribution in [3.63, 3.8) is 0 Å². The fraction of sp³-hybridized carbons (Fsp3) is 0.600. The lowest BCUT2D eigenvalue weighted by atomic mass is 9.99. The maximum absolute atomic E-state index is 13.1. The molecule has 3 aliphatic rings. The standard InChI is InChI=1S/C20H26N2O2/c23-19-8-4-11-21(19)14-18-7-1-2-12-22(18)20(24)17-10-9-15-5-3-6-16(15)13-17/h9-10,13,18H,1-8,11-12,14H2. The Balaban J connectivity index is 1.51. The molecule has 24 heavy (non-hydrogen) atoms. The molecule has 0 N–H and O–H groups in total. The maximum atomic E-state index is 13.1. The number of carbonyl (C=O) groups is 2. The minimum atomic E-state index is 0.154. The Morgan fingerprint density at radius 3 is 2.71 bits per heavy atom. The van der Waals surface area contributed by atoms with Crippen LogP contribution in [0.25, 0.3) is 0 Å². The van der Waals surface area contributed by atoms with Gasteiger partial charge in [0, 0.05) is 37.7 Å². The first-order chi connectivity index (χ1) is 11.7. The molecule has 1 aromatic carbocycles. The lowest BCUT2D eigenvalue weighted by Gasteiger charge is -2.38. The molecule has 1 unspecified atom stereocenters. The van der Waals surface area contributed by atoms with E-state index in [9.17, 15) is 9.59 Å². The van der Waals surface area contributed by atoms with Crippen molar-refractivity contribution in [1.82, 2.24) is 9.80 Å². The second-order valence-corrected chi connectivity index (χ2v) is 7.43. The average Bonchev–Trinajstić information content (AvgIpc) is 3.23. The van der Waals surface area contributed by atoms with Crippen molar-refractivity contribution >= 4 is 11.8 Å². The van der Waals surface area contributed by atoms with Gasteiger partial charge in [-0.1, -0.05) is 6.07 Å². The Labute approximate surface area is 143 Å². The molecule has 0 bridgehead atoms. The van der Waals surface area contributed by atoms with E-state index < -0.39 is 0 Å². The van der Waals surface area contributed by atoms with Gasteiger partial charge < -0.3 is 9.80 Å². The summed E-state index contributed by atoms with van der Waals surface area (Å²) in [6.07, 6.45) is 8.32. The molecular weight excluding hydrogens is 300 g/mol. The molecule has 1 aliphatic carbocycles. The van der Waals surface area contributed by atoms with Crippen LogP contribution in [0.2, 0.25) is 0 Å². The van der Waals surface area contributed by atoms with Gasteiger partial charge in [0.1, 0.15) is 0 Å². The van der Waals surface area contributed by atoms with Gasteiger partial charge in [-0.05, 0) is 68.2 Å². The number of fused-ring (bicyclic) bond motifs is 1. The van der Waals surface area contributed by atoms with Crippen LogP contribution >= 0.6 is 0 Å². The smallest absolute Gasteiger partial charge is 0.254 e. The predicted molar refractivity (Wildman–Crippen MR) is 93.0 cm³/mol. The second kappa shape index (κ2) is 6.58. The van der Waals surface area contributed by atoms with Crippen LogP contribution in [-0.2, 0) is 17.6 Å². The molecule has 4 nitrogen and oxygen atoms in total. The first-order valence-electron chi connectivity index (χ1n) is 9.43. The van der Waals surface area contributed by atoms with Gasteiger partial charge in [0.05, 0.1) is 0 Å². The first kappa shape index (κ1) is 15.7. The van der Waals surface area contributed by atoms with Crippen LogP contribution in [0.4, 0.5) is 0 Å². The van der Waals surface area contributed by atoms with E-state index >= 15 is 0 Å². The summed E-state index contributed by atoms with van der Waals surface area (Å²) in [7, 11) is 0. The van der Waals surface area contributed by atoms with Crippen molar-refractivity contribution in [2.24, 2.45) is 0 Å². The van der Waals surface area contributed by atoms with E-state index in [1.807, 2.05) is 15.9 Å². The van der Waals surface area contributed by atoms with Crippen LogP contribution in [0.15, 0.2) is 18.2 Å². The van der Waals surface area contributed by atoms with Gasteiger partial charge in [0.2, 0.25) is 5.91 Å². The van der Waals surface area contributed by atoms with Gasteiger partial charge in [-0.2, -0.15) is 0 Å². The van der Waals surface area contributed by atoms with Gasteiger partial charge >= 0.3 is 0 Å². The SMILES string of the molecule is O=C1CCCN1CC1CCCCN1C(=O)c1ccc2c(c1)CCC2. The van der Waals surface area contributed by atoms with E-state index in [0.717, 1.165) is 63.7 Å². The molecule has 0 saturated carbocycles. The Morgan fingerprint density at radius 1 is 1.00 bits per heavy atom. The molecule has 4 heteroatoms. The number of likely N-dealkylation sites (tertiary alicyclic amines) is 2. The van der Waals surface area contributed by atoms with E-state index in [1.54, 1.807) is 0 Å². The number of rotatable bonds is 3. The Kier molecular flexibility index (Phi) is 4.30. The molecular formula is C20H26N2O2. The lowest BCUT2D eigenvalue weighted by molar-refractivity contribution is -0.128. The molecule has 1 aromatic rings. The molecule has 4 rings (SSSR count). The van der Waals surface area contributed by atoms with Crippen LogP contribution in [0.5, 0.6) is 0 Å². The van der Waals surface area contributed by atoms with E-state index in [2.05, 4.69) is 12.1 Å². The summed E-state index contributed by atoms with van der Waals surface area (Å²) in [4.78, 5) is 29.0. The second-order valence-electron chi connectivity index (χ2n) is 7.43. The van der Waals surface area contributed by atoms with E-state index in [1.165, 1.54) is 17.5 Å². The van der Waals surface area contributed by atoms with Gasteiger partial charge in [-0.15, -0.1) is 0 Å². The fourth-order valence-electron chi connectivity index (χ4n) is 4.48. The van der Waals surface area contributed by atoms with Gasteiger partial charge in [0.25, 0.3) is 5.91 Å². The highest BCUT2D eigenvalue weighted by molar-refractivity contribution is 5.95. The number of piperidine rings is 1. The topological polar surface area (TPSA) is 40.6 Å². The lowest BCUT2D eigenvalue weighted by Crippen LogP contribution is -2.49.